The molecule has 3 nitrogen and oxygen atoms in total. The summed E-state index contributed by atoms with van der Waals surface area (Å²) >= 11 is 3.20. The third-order valence-electron chi connectivity index (χ3n) is 2.89. The molecule has 0 bridgehead atoms. The van der Waals surface area contributed by atoms with Gasteiger partial charge in [-0.15, -0.1) is 0 Å². The van der Waals surface area contributed by atoms with E-state index < -0.39 is 6.10 Å². The molecule has 2 aromatic carbocycles. The zero-order valence-electron chi connectivity index (χ0n) is 11.6. The molecule has 0 amide bonds. The maximum absolute atomic E-state index is 13.6. The van der Waals surface area contributed by atoms with Crippen molar-refractivity contribution in [2.45, 2.75) is 13.0 Å². The number of hydrogen-bond acceptors (Lipinski definition) is 3. The van der Waals surface area contributed by atoms with Crippen LogP contribution >= 0.6 is 15.9 Å². The molecule has 0 aliphatic carbocycles. The summed E-state index contributed by atoms with van der Waals surface area (Å²) in [6, 6.07) is 12.3. The topological polar surface area (TPSA) is 41.5 Å². The summed E-state index contributed by atoms with van der Waals surface area (Å²) in [5.41, 5.74) is 1.45. The van der Waals surface area contributed by atoms with Crippen LogP contribution < -0.4 is 10.1 Å². The summed E-state index contributed by atoms with van der Waals surface area (Å²) < 4.78 is 19.8. The van der Waals surface area contributed by atoms with Crippen LogP contribution in [0, 0.1) is 12.7 Å². The molecular formula is C16H17BrFNO2. The molecule has 112 valence electrons. The fourth-order valence-corrected chi connectivity index (χ4v) is 2.15. The summed E-state index contributed by atoms with van der Waals surface area (Å²) in [7, 11) is 0. The predicted octanol–water partition coefficient (Wildman–Crippen LogP) is 3.75. The number of aliphatic hydroxyl groups excluding tert-OH is 1. The quantitative estimate of drug-likeness (QED) is 0.830. The SMILES string of the molecule is Cc1cccc(OCC(O)CNc2ccc(Br)cc2F)c1. The van der Waals surface area contributed by atoms with E-state index >= 15 is 0 Å². The summed E-state index contributed by atoms with van der Waals surface area (Å²) in [6.45, 7) is 2.33. The highest BCUT2D eigenvalue weighted by molar-refractivity contribution is 9.10. The largest absolute Gasteiger partial charge is 0.491 e. The zero-order valence-corrected chi connectivity index (χ0v) is 13.2. The second-order valence-corrected chi connectivity index (χ2v) is 5.70. The van der Waals surface area contributed by atoms with Crippen molar-refractivity contribution in [1.29, 1.82) is 0 Å². The van der Waals surface area contributed by atoms with Crippen molar-refractivity contribution in [1.82, 2.24) is 0 Å². The van der Waals surface area contributed by atoms with Crippen molar-refractivity contribution >= 4 is 21.6 Å². The van der Waals surface area contributed by atoms with E-state index in [0.717, 1.165) is 5.56 Å². The van der Waals surface area contributed by atoms with Gasteiger partial charge in [0.2, 0.25) is 0 Å². The van der Waals surface area contributed by atoms with Crippen LogP contribution in [-0.4, -0.2) is 24.4 Å². The number of hydrogen-bond donors (Lipinski definition) is 2. The number of halogens is 2. The average Bonchev–Trinajstić information content (AvgIpc) is 2.44. The van der Waals surface area contributed by atoms with Crippen LogP contribution in [0.2, 0.25) is 0 Å². The fourth-order valence-electron chi connectivity index (χ4n) is 1.82. The molecule has 21 heavy (non-hydrogen) atoms. The van der Waals surface area contributed by atoms with Gasteiger partial charge in [0.05, 0.1) is 5.69 Å². The molecule has 0 heterocycles. The maximum atomic E-state index is 13.6. The van der Waals surface area contributed by atoms with Crippen molar-refractivity contribution in [2.24, 2.45) is 0 Å². The van der Waals surface area contributed by atoms with E-state index in [-0.39, 0.29) is 19.0 Å². The van der Waals surface area contributed by atoms with Crippen molar-refractivity contribution in [3.8, 4) is 5.75 Å². The second kappa shape index (κ2) is 7.43. The Bertz CT molecular complexity index is 607. The normalized spacial score (nSPS) is 12.0. The van der Waals surface area contributed by atoms with Crippen LogP contribution in [0.5, 0.6) is 5.75 Å². The number of aryl methyl sites for hydroxylation is 1. The summed E-state index contributed by atoms with van der Waals surface area (Å²) in [5.74, 6) is 0.347. The molecule has 2 N–H and O–H groups in total. The second-order valence-electron chi connectivity index (χ2n) is 4.79. The summed E-state index contributed by atoms with van der Waals surface area (Å²) in [6.07, 6.45) is -0.728. The van der Waals surface area contributed by atoms with E-state index in [1.165, 1.54) is 6.07 Å². The van der Waals surface area contributed by atoms with E-state index in [1.807, 2.05) is 31.2 Å². The van der Waals surface area contributed by atoms with E-state index in [2.05, 4.69) is 21.2 Å². The molecule has 1 unspecified atom stereocenters. The van der Waals surface area contributed by atoms with Crippen molar-refractivity contribution in [2.75, 3.05) is 18.5 Å². The van der Waals surface area contributed by atoms with E-state index in [1.54, 1.807) is 12.1 Å². The minimum atomic E-state index is -0.728. The highest BCUT2D eigenvalue weighted by Gasteiger charge is 2.08. The summed E-state index contributed by atoms with van der Waals surface area (Å²) in [4.78, 5) is 0. The molecule has 1 atom stereocenters. The smallest absolute Gasteiger partial charge is 0.147 e. The van der Waals surface area contributed by atoms with Crippen LogP contribution in [0.15, 0.2) is 46.9 Å². The van der Waals surface area contributed by atoms with Gasteiger partial charge in [-0.3, -0.25) is 0 Å². The molecular weight excluding hydrogens is 337 g/mol. The lowest BCUT2D eigenvalue weighted by Gasteiger charge is -2.14. The molecule has 0 saturated carbocycles. The van der Waals surface area contributed by atoms with Gasteiger partial charge in [-0.05, 0) is 42.8 Å². The number of nitrogens with one attached hydrogen (secondary N) is 1. The summed E-state index contributed by atoms with van der Waals surface area (Å²) in [5, 5.41) is 12.7. The minimum absolute atomic E-state index is 0.147. The van der Waals surface area contributed by atoms with E-state index in [4.69, 9.17) is 4.74 Å². The first kappa shape index (κ1) is 15.8. The van der Waals surface area contributed by atoms with Gasteiger partial charge in [-0.1, -0.05) is 28.1 Å². The van der Waals surface area contributed by atoms with Crippen molar-refractivity contribution < 1.29 is 14.2 Å². The standard InChI is InChI=1S/C16H17BrFNO2/c1-11-3-2-4-14(7-11)21-10-13(20)9-19-16-6-5-12(17)8-15(16)18/h2-8,13,19-20H,9-10H2,1H3. The lowest BCUT2D eigenvalue weighted by molar-refractivity contribution is 0.117. The highest BCUT2D eigenvalue weighted by atomic mass is 79.9. The zero-order chi connectivity index (χ0) is 15.2. The Morgan fingerprint density at radius 2 is 2.10 bits per heavy atom. The molecule has 0 aromatic heterocycles. The first-order chi connectivity index (χ1) is 10.0. The molecule has 0 radical (unpaired) electrons. The average molecular weight is 354 g/mol. The Balaban J connectivity index is 1.80. The molecule has 0 aliphatic heterocycles. The molecule has 0 fully saturated rings. The molecule has 0 aliphatic rings. The van der Waals surface area contributed by atoms with Crippen molar-refractivity contribution in [3.63, 3.8) is 0 Å². The number of benzene rings is 2. The Morgan fingerprint density at radius 1 is 1.29 bits per heavy atom. The molecule has 2 rings (SSSR count). The lowest BCUT2D eigenvalue weighted by Crippen LogP contribution is -2.26. The predicted molar refractivity (Wildman–Crippen MR) is 85.3 cm³/mol. The maximum Gasteiger partial charge on any atom is 0.147 e. The first-order valence-corrected chi connectivity index (χ1v) is 7.40. The Kier molecular flexibility index (Phi) is 5.59. The molecule has 2 aromatic rings. The van der Waals surface area contributed by atoms with E-state index in [9.17, 15) is 9.50 Å². The minimum Gasteiger partial charge on any atom is -0.491 e. The Hall–Kier alpha value is -1.59. The van der Waals surface area contributed by atoms with Gasteiger partial charge in [0, 0.05) is 11.0 Å². The van der Waals surface area contributed by atoms with Gasteiger partial charge >= 0.3 is 0 Å². The first-order valence-electron chi connectivity index (χ1n) is 6.61. The van der Waals surface area contributed by atoms with Gasteiger partial charge in [0.25, 0.3) is 0 Å². The number of aliphatic hydroxyl groups is 1. The van der Waals surface area contributed by atoms with Crippen molar-refractivity contribution in [3.05, 3.63) is 58.3 Å². The van der Waals surface area contributed by atoms with Gasteiger partial charge in [0.15, 0.2) is 0 Å². The molecule has 0 spiro atoms. The third-order valence-corrected chi connectivity index (χ3v) is 3.38. The van der Waals surface area contributed by atoms with Gasteiger partial charge in [0.1, 0.15) is 24.3 Å². The van der Waals surface area contributed by atoms with Crippen LogP contribution in [0.1, 0.15) is 5.56 Å². The lowest BCUT2D eigenvalue weighted by atomic mass is 10.2. The van der Waals surface area contributed by atoms with Crippen LogP contribution in [0.25, 0.3) is 0 Å². The highest BCUT2D eigenvalue weighted by Crippen LogP contribution is 2.19. The molecule has 0 saturated heterocycles. The monoisotopic (exact) mass is 353 g/mol. The Labute approximate surface area is 131 Å². The van der Waals surface area contributed by atoms with Gasteiger partial charge in [-0.2, -0.15) is 0 Å². The fraction of sp³-hybridized carbons (Fsp3) is 0.250. The number of ether oxygens (including phenoxy) is 1. The van der Waals surface area contributed by atoms with Gasteiger partial charge < -0.3 is 15.2 Å². The van der Waals surface area contributed by atoms with Crippen LogP contribution in [-0.2, 0) is 0 Å². The number of anilines is 1. The number of rotatable bonds is 6. The van der Waals surface area contributed by atoms with Crippen LogP contribution in [0.4, 0.5) is 10.1 Å². The van der Waals surface area contributed by atoms with Gasteiger partial charge in [-0.25, -0.2) is 4.39 Å². The Morgan fingerprint density at radius 3 is 2.81 bits per heavy atom. The molecule has 5 heteroatoms. The third kappa shape index (κ3) is 5.02. The van der Waals surface area contributed by atoms with E-state index in [0.29, 0.717) is 15.9 Å². The van der Waals surface area contributed by atoms with Crippen LogP contribution in [0.3, 0.4) is 0 Å².